The van der Waals surface area contributed by atoms with Crippen LogP contribution >= 0.6 is 0 Å². The molecule has 0 aliphatic heterocycles. The maximum Gasteiger partial charge on any atom is 0.501 e. The lowest BCUT2D eigenvalue weighted by atomic mass is 9.96. The molecule has 1 aliphatic rings. The van der Waals surface area contributed by atoms with E-state index in [0.29, 0.717) is 17.3 Å². The quantitative estimate of drug-likeness (QED) is 0.793. The summed E-state index contributed by atoms with van der Waals surface area (Å²) in [7, 11) is -5.90. The fraction of sp³-hybridized carbons (Fsp3) is 0.312. The minimum absolute atomic E-state index is 0.114. The van der Waals surface area contributed by atoms with E-state index < -0.39 is 44.3 Å². The molecule has 1 aliphatic carbocycles. The van der Waals surface area contributed by atoms with Crippen molar-refractivity contribution >= 4 is 9.84 Å². The van der Waals surface area contributed by atoms with Crippen molar-refractivity contribution in [3.63, 3.8) is 0 Å². The number of pyridine rings is 1. The highest BCUT2D eigenvalue weighted by atomic mass is 32.2. The maximum absolute atomic E-state index is 14.0. The number of nitrogens with zero attached hydrogens (tertiary/aromatic N) is 1. The zero-order valence-electron chi connectivity index (χ0n) is 13.2. The number of aliphatic hydroxyl groups excluding tert-OH is 1. The molecule has 2 aromatic rings. The van der Waals surface area contributed by atoms with E-state index in [1.54, 1.807) is 6.92 Å². The summed E-state index contributed by atoms with van der Waals surface area (Å²) >= 11 is 0. The van der Waals surface area contributed by atoms with Crippen LogP contribution in [0.1, 0.15) is 22.9 Å². The van der Waals surface area contributed by atoms with Gasteiger partial charge >= 0.3 is 5.51 Å². The van der Waals surface area contributed by atoms with E-state index in [-0.39, 0.29) is 11.1 Å². The maximum atomic E-state index is 14.0. The number of aryl methyl sites for hydroxylation is 1. The molecule has 0 spiro atoms. The predicted molar refractivity (Wildman–Crippen MR) is 81.3 cm³/mol. The molecular weight excluding hydrogens is 381 g/mol. The van der Waals surface area contributed by atoms with Crippen molar-refractivity contribution in [1.82, 2.24) is 4.98 Å². The van der Waals surface area contributed by atoms with E-state index in [1.807, 2.05) is 0 Å². The number of benzene rings is 1. The van der Waals surface area contributed by atoms with E-state index in [4.69, 9.17) is 0 Å². The zero-order valence-corrected chi connectivity index (χ0v) is 14.0. The number of fused-ring (bicyclic) bond motifs is 1. The van der Waals surface area contributed by atoms with Gasteiger partial charge in [-0.25, -0.2) is 17.2 Å². The summed E-state index contributed by atoms with van der Waals surface area (Å²) in [5.41, 5.74) is -6.01. The molecule has 10 heteroatoms. The SMILES string of the molecule is Cc1ncccc1-c1ccc(S(=O)(=O)C(F)(F)F)c2c1CC(F)(F)[C@H]2O. The van der Waals surface area contributed by atoms with Crippen molar-refractivity contribution in [2.75, 3.05) is 0 Å². The Kier molecular flexibility index (Phi) is 4.11. The Balaban J connectivity index is 2.35. The largest absolute Gasteiger partial charge is 0.501 e. The summed E-state index contributed by atoms with van der Waals surface area (Å²) in [5, 5.41) is 9.86. The smallest absolute Gasteiger partial charge is 0.382 e. The number of sulfone groups is 1. The van der Waals surface area contributed by atoms with E-state index in [0.717, 1.165) is 6.07 Å². The van der Waals surface area contributed by atoms with Crippen LogP contribution in [0.4, 0.5) is 22.0 Å². The number of hydrogen-bond acceptors (Lipinski definition) is 4. The van der Waals surface area contributed by atoms with Crippen LogP contribution < -0.4 is 0 Å². The molecule has 26 heavy (non-hydrogen) atoms. The van der Waals surface area contributed by atoms with Gasteiger partial charge in [-0.05, 0) is 30.2 Å². The average molecular weight is 393 g/mol. The molecule has 140 valence electrons. The van der Waals surface area contributed by atoms with E-state index in [9.17, 15) is 35.5 Å². The van der Waals surface area contributed by atoms with Crippen LogP contribution in [0.3, 0.4) is 0 Å². The summed E-state index contributed by atoms with van der Waals surface area (Å²) in [5.74, 6) is -3.79. The van der Waals surface area contributed by atoms with E-state index >= 15 is 0 Å². The van der Waals surface area contributed by atoms with Gasteiger partial charge in [0.2, 0.25) is 0 Å². The van der Waals surface area contributed by atoms with Gasteiger partial charge in [0.15, 0.2) is 0 Å². The van der Waals surface area contributed by atoms with E-state index in [2.05, 4.69) is 4.98 Å². The monoisotopic (exact) mass is 393 g/mol. The van der Waals surface area contributed by atoms with Crippen LogP contribution in [-0.4, -0.2) is 29.9 Å². The molecule has 1 heterocycles. The van der Waals surface area contributed by atoms with Crippen LogP contribution in [0.5, 0.6) is 0 Å². The third-order valence-corrected chi connectivity index (χ3v) is 5.84. The lowest BCUT2D eigenvalue weighted by molar-refractivity contribution is -0.0977. The van der Waals surface area contributed by atoms with Crippen LogP contribution in [0, 0.1) is 6.92 Å². The van der Waals surface area contributed by atoms with Crippen LogP contribution in [0.15, 0.2) is 35.4 Å². The van der Waals surface area contributed by atoms with Crippen LogP contribution in [0.2, 0.25) is 0 Å². The molecular formula is C16H12F5NO3S. The molecule has 0 bridgehead atoms. The number of aromatic nitrogens is 1. The molecule has 1 aromatic heterocycles. The lowest BCUT2D eigenvalue weighted by Crippen LogP contribution is -2.26. The molecule has 0 saturated heterocycles. The van der Waals surface area contributed by atoms with Crippen molar-refractivity contribution in [3.05, 3.63) is 47.3 Å². The molecule has 1 aromatic carbocycles. The molecule has 4 nitrogen and oxygen atoms in total. The Bertz CT molecular complexity index is 986. The number of alkyl halides is 5. The molecule has 0 saturated carbocycles. The van der Waals surface area contributed by atoms with Gasteiger partial charge in [0.1, 0.15) is 6.10 Å². The second kappa shape index (κ2) is 5.71. The van der Waals surface area contributed by atoms with Crippen molar-refractivity contribution in [1.29, 1.82) is 0 Å². The lowest BCUT2D eigenvalue weighted by Gasteiger charge is -2.18. The van der Waals surface area contributed by atoms with Gasteiger partial charge in [0.05, 0.1) is 4.90 Å². The van der Waals surface area contributed by atoms with Crippen molar-refractivity contribution in [3.8, 4) is 11.1 Å². The number of rotatable bonds is 2. The highest BCUT2D eigenvalue weighted by molar-refractivity contribution is 7.92. The molecule has 3 rings (SSSR count). The number of aliphatic hydroxyl groups is 1. The first-order valence-corrected chi connectivity index (χ1v) is 8.81. The van der Waals surface area contributed by atoms with Crippen molar-refractivity contribution in [2.24, 2.45) is 0 Å². The molecule has 1 N–H and O–H groups in total. The van der Waals surface area contributed by atoms with Gasteiger partial charge in [-0.3, -0.25) is 4.98 Å². The standard InChI is InChI=1S/C16H12F5NO3S/c1-8-9(3-2-6-22-8)10-4-5-12(26(24,25)16(19,20)21)13-11(10)7-15(17,18)14(13)23/h2-6,14,23H,7H2,1H3/t14-/m0/s1. The van der Waals surface area contributed by atoms with Crippen molar-refractivity contribution < 1.29 is 35.5 Å². The molecule has 0 unspecified atom stereocenters. The Morgan fingerprint density at radius 1 is 1.19 bits per heavy atom. The van der Waals surface area contributed by atoms with Crippen molar-refractivity contribution in [2.45, 2.75) is 35.8 Å². The first kappa shape index (κ1) is 18.7. The minimum atomic E-state index is -5.90. The van der Waals surface area contributed by atoms with Gasteiger partial charge in [-0.15, -0.1) is 0 Å². The molecule has 0 amide bonds. The molecule has 0 radical (unpaired) electrons. The molecule has 0 fully saturated rings. The zero-order chi connectivity index (χ0) is 19.5. The van der Waals surface area contributed by atoms with Gasteiger partial charge in [-0.1, -0.05) is 12.1 Å². The highest BCUT2D eigenvalue weighted by Gasteiger charge is 2.54. The van der Waals surface area contributed by atoms with E-state index in [1.165, 1.54) is 18.3 Å². The average Bonchev–Trinajstić information content (AvgIpc) is 2.76. The summed E-state index contributed by atoms with van der Waals surface area (Å²) in [6.45, 7) is 1.58. The van der Waals surface area contributed by atoms with Gasteiger partial charge in [-0.2, -0.15) is 13.2 Å². The fourth-order valence-electron chi connectivity index (χ4n) is 3.06. The Labute approximate surface area is 145 Å². The van der Waals surface area contributed by atoms with Gasteiger partial charge in [0.25, 0.3) is 15.8 Å². The Morgan fingerprint density at radius 2 is 1.85 bits per heavy atom. The van der Waals surface area contributed by atoms with Gasteiger partial charge in [0, 0.05) is 29.4 Å². The second-order valence-corrected chi connectivity index (χ2v) is 7.84. The normalized spacial score (nSPS) is 19.4. The number of hydrogen-bond donors (Lipinski definition) is 1. The topological polar surface area (TPSA) is 67.3 Å². The van der Waals surface area contributed by atoms with Crippen LogP contribution in [0.25, 0.3) is 11.1 Å². The van der Waals surface area contributed by atoms with Crippen LogP contribution in [-0.2, 0) is 16.3 Å². The van der Waals surface area contributed by atoms with Gasteiger partial charge < -0.3 is 5.11 Å². The first-order valence-electron chi connectivity index (χ1n) is 7.33. The minimum Gasteiger partial charge on any atom is -0.382 e. The Morgan fingerprint density at radius 3 is 2.42 bits per heavy atom. The predicted octanol–water partition coefficient (Wildman–Crippen LogP) is 3.58. The third kappa shape index (κ3) is 2.67. The summed E-state index contributed by atoms with van der Waals surface area (Å²) in [4.78, 5) is 2.65. The highest BCUT2D eigenvalue weighted by Crippen LogP contribution is 2.50. The number of halogens is 5. The summed E-state index contributed by atoms with van der Waals surface area (Å²) in [6, 6.07) is 4.68. The molecule has 1 atom stereocenters. The third-order valence-electron chi connectivity index (χ3n) is 4.29. The fourth-order valence-corrected chi connectivity index (χ4v) is 4.08. The Hall–Kier alpha value is -2.07. The second-order valence-electron chi connectivity index (χ2n) is 5.93. The first-order chi connectivity index (χ1) is 11.9. The summed E-state index contributed by atoms with van der Waals surface area (Å²) in [6.07, 6.45) is -2.28. The summed E-state index contributed by atoms with van der Waals surface area (Å²) < 4.78 is 90.5.